The third-order valence-corrected chi connectivity index (χ3v) is 2.99. The predicted molar refractivity (Wildman–Crippen MR) is 62.8 cm³/mol. The number of terminal acetylenes is 1. The van der Waals surface area contributed by atoms with E-state index in [1.54, 1.807) is 11.3 Å². The monoisotopic (exact) mass is 219 g/mol. The maximum Gasteiger partial charge on any atom is 0.193 e. The van der Waals surface area contributed by atoms with Crippen LogP contribution in [0.3, 0.4) is 0 Å². The largest absolute Gasteiger partial charge is 0.297 e. The molecule has 0 unspecified atom stereocenters. The minimum atomic E-state index is -0.281. The van der Waals surface area contributed by atoms with E-state index < -0.39 is 0 Å². The van der Waals surface area contributed by atoms with E-state index >= 15 is 0 Å². The van der Waals surface area contributed by atoms with Crippen molar-refractivity contribution in [2.24, 2.45) is 0 Å². The van der Waals surface area contributed by atoms with Crippen LogP contribution >= 0.6 is 11.3 Å². The summed E-state index contributed by atoms with van der Waals surface area (Å²) in [4.78, 5) is 5.48. The Hall–Kier alpha value is -1.31. The summed E-state index contributed by atoms with van der Waals surface area (Å²) in [5.41, 5.74) is 0.738. The van der Waals surface area contributed by atoms with E-state index in [-0.39, 0.29) is 5.54 Å². The Bertz CT molecular complexity index is 473. The van der Waals surface area contributed by atoms with Crippen LogP contribution in [0.1, 0.15) is 19.5 Å². The molecule has 2 aromatic rings. The van der Waals surface area contributed by atoms with E-state index in [1.807, 2.05) is 36.0 Å². The summed E-state index contributed by atoms with van der Waals surface area (Å²) in [7, 11) is 0. The topological polar surface area (TPSA) is 29.3 Å². The Morgan fingerprint density at radius 1 is 1.67 bits per heavy atom. The van der Waals surface area contributed by atoms with Crippen LogP contribution in [0, 0.1) is 12.3 Å². The van der Waals surface area contributed by atoms with Gasteiger partial charge in [-0.3, -0.25) is 9.72 Å². The first-order valence-corrected chi connectivity index (χ1v) is 5.62. The van der Waals surface area contributed by atoms with Gasteiger partial charge in [0.15, 0.2) is 4.96 Å². The van der Waals surface area contributed by atoms with Crippen molar-refractivity contribution in [3.05, 3.63) is 23.5 Å². The highest BCUT2D eigenvalue weighted by Crippen LogP contribution is 2.11. The lowest BCUT2D eigenvalue weighted by Gasteiger charge is -2.18. The fourth-order valence-corrected chi connectivity index (χ4v) is 1.94. The summed E-state index contributed by atoms with van der Waals surface area (Å²) in [6.45, 7) is 4.66. The molecule has 78 valence electrons. The molecule has 0 spiro atoms. The SMILES string of the molecule is C#CC(C)(C)NCc1cn2ccsc2n1. The molecule has 0 aliphatic carbocycles. The minimum absolute atomic E-state index is 0.281. The highest BCUT2D eigenvalue weighted by Gasteiger charge is 2.13. The van der Waals surface area contributed by atoms with Crippen LogP contribution in [0.25, 0.3) is 4.96 Å². The molecule has 15 heavy (non-hydrogen) atoms. The van der Waals surface area contributed by atoms with Crippen LogP contribution in [-0.2, 0) is 6.54 Å². The number of thiazole rings is 1. The molecule has 0 aliphatic rings. The van der Waals surface area contributed by atoms with Crippen molar-refractivity contribution in [2.45, 2.75) is 25.9 Å². The van der Waals surface area contributed by atoms with Crippen molar-refractivity contribution < 1.29 is 0 Å². The molecule has 0 bridgehead atoms. The van der Waals surface area contributed by atoms with Gasteiger partial charge in [-0.1, -0.05) is 5.92 Å². The molecule has 0 saturated heterocycles. The minimum Gasteiger partial charge on any atom is -0.297 e. The molecular weight excluding hydrogens is 206 g/mol. The van der Waals surface area contributed by atoms with Gasteiger partial charge >= 0.3 is 0 Å². The molecule has 1 N–H and O–H groups in total. The molecule has 0 aromatic carbocycles. The number of hydrogen-bond acceptors (Lipinski definition) is 3. The Morgan fingerprint density at radius 2 is 2.47 bits per heavy atom. The lowest BCUT2D eigenvalue weighted by atomic mass is 10.1. The number of imidazole rings is 1. The average Bonchev–Trinajstić information content (AvgIpc) is 2.74. The smallest absolute Gasteiger partial charge is 0.193 e. The lowest BCUT2D eigenvalue weighted by Crippen LogP contribution is -2.36. The van der Waals surface area contributed by atoms with Crippen LogP contribution < -0.4 is 5.32 Å². The summed E-state index contributed by atoms with van der Waals surface area (Å²) in [6.07, 6.45) is 9.41. The number of aromatic nitrogens is 2. The van der Waals surface area contributed by atoms with Crippen LogP contribution in [0.5, 0.6) is 0 Å². The van der Waals surface area contributed by atoms with E-state index in [9.17, 15) is 0 Å². The highest BCUT2D eigenvalue weighted by molar-refractivity contribution is 7.15. The quantitative estimate of drug-likeness (QED) is 0.799. The van der Waals surface area contributed by atoms with Crippen molar-refractivity contribution in [1.82, 2.24) is 14.7 Å². The highest BCUT2D eigenvalue weighted by atomic mass is 32.1. The molecule has 3 nitrogen and oxygen atoms in total. The maximum absolute atomic E-state index is 5.39. The third kappa shape index (κ3) is 2.20. The second-order valence-electron chi connectivity index (χ2n) is 3.95. The standard InChI is InChI=1S/C11H13N3S/c1-4-11(2,3)12-7-9-8-14-5-6-15-10(14)13-9/h1,5-6,8,12H,7H2,2-3H3. The Labute approximate surface area is 93.1 Å². The van der Waals surface area contributed by atoms with Gasteiger partial charge in [0.2, 0.25) is 0 Å². The first kappa shape index (κ1) is 10.2. The van der Waals surface area contributed by atoms with Crippen molar-refractivity contribution in [2.75, 3.05) is 0 Å². The van der Waals surface area contributed by atoms with Gasteiger partial charge < -0.3 is 0 Å². The maximum atomic E-state index is 5.39. The molecule has 4 heteroatoms. The zero-order valence-corrected chi connectivity index (χ0v) is 9.64. The van der Waals surface area contributed by atoms with Gasteiger partial charge in [0.05, 0.1) is 11.2 Å². The molecule has 0 amide bonds. The molecule has 2 rings (SSSR count). The second-order valence-corrected chi connectivity index (χ2v) is 4.82. The summed E-state index contributed by atoms with van der Waals surface area (Å²) >= 11 is 1.63. The summed E-state index contributed by atoms with van der Waals surface area (Å²) in [5, 5.41) is 5.29. The van der Waals surface area contributed by atoms with E-state index in [1.165, 1.54) is 0 Å². The second kappa shape index (κ2) is 3.69. The number of rotatable bonds is 3. The Morgan fingerprint density at radius 3 is 3.13 bits per heavy atom. The molecule has 0 saturated carbocycles. The Balaban J connectivity index is 2.08. The number of fused-ring (bicyclic) bond motifs is 1. The van der Waals surface area contributed by atoms with Gasteiger partial charge in [0.25, 0.3) is 0 Å². The van der Waals surface area contributed by atoms with Crippen LogP contribution in [0.15, 0.2) is 17.8 Å². The predicted octanol–water partition coefficient (Wildman–Crippen LogP) is 1.90. The molecule has 0 fully saturated rings. The number of hydrogen-bond donors (Lipinski definition) is 1. The summed E-state index contributed by atoms with van der Waals surface area (Å²) in [6, 6.07) is 0. The Kier molecular flexibility index (Phi) is 2.51. The van der Waals surface area contributed by atoms with E-state index in [0.717, 1.165) is 10.7 Å². The molecule has 0 aliphatic heterocycles. The first-order valence-electron chi connectivity index (χ1n) is 4.74. The normalized spacial score (nSPS) is 11.8. The third-order valence-electron chi connectivity index (χ3n) is 2.22. The van der Waals surface area contributed by atoms with Crippen LogP contribution in [0.2, 0.25) is 0 Å². The number of nitrogens with one attached hydrogen (secondary N) is 1. The summed E-state index contributed by atoms with van der Waals surface area (Å²) in [5.74, 6) is 2.70. The zero-order chi connectivity index (χ0) is 10.9. The van der Waals surface area contributed by atoms with Gasteiger partial charge in [0.1, 0.15) is 0 Å². The van der Waals surface area contributed by atoms with Crippen LogP contribution in [-0.4, -0.2) is 14.9 Å². The van der Waals surface area contributed by atoms with E-state index in [0.29, 0.717) is 6.54 Å². The average molecular weight is 219 g/mol. The lowest BCUT2D eigenvalue weighted by molar-refractivity contribution is 0.487. The van der Waals surface area contributed by atoms with Gasteiger partial charge in [-0.2, -0.15) is 0 Å². The van der Waals surface area contributed by atoms with Gasteiger partial charge in [-0.15, -0.1) is 17.8 Å². The number of nitrogens with zero attached hydrogens (tertiary/aromatic N) is 2. The fraction of sp³-hybridized carbons (Fsp3) is 0.364. The van der Waals surface area contributed by atoms with Crippen LogP contribution in [0.4, 0.5) is 0 Å². The van der Waals surface area contributed by atoms with E-state index in [4.69, 9.17) is 6.42 Å². The molecular formula is C11H13N3S. The van der Waals surface area contributed by atoms with Crippen molar-refractivity contribution in [3.63, 3.8) is 0 Å². The van der Waals surface area contributed by atoms with Gasteiger partial charge in [0, 0.05) is 24.3 Å². The van der Waals surface area contributed by atoms with Gasteiger partial charge in [-0.05, 0) is 13.8 Å². The zero-order valence-electron chi connectivity index (χ0n) is 8.82. The van der Waals surface area contributed by atoms with Crippen molar-refractivity contribution in [1.29, 1.82) is 0 Å². The van der Waals surface area contributed by atoms with E-state index in [2.05, 4.69) is 16.2 Å². The van der Waals surface area contributed by atoms with Crippen molar-refractivity contribution in [3.8, 4) is 12.3 Å². The fourth-order valence-electron chi connectivity index (χ4n) is 1.22. The van der Waals surface area contributed by atoms with Gasteiger partial charge in [-0.25, -0.2) is 4.98 Å². The molecule has 0 atom stereocenters. The molecule has 2 heterocycles. The first-order chi connectivity index (χ1) is 7.11. The molecule has 2 aromatic heterocycles. The molecule has 0 radical (unpaired) electrons. The summed E-state index contributed by atoms with van der Waals surface area (Å²) < 4.78 is 2.02. The van der Waals surface area contributed by atoms with Crippen molar-refractivity contribution >= 4 is 16.3 Å².